The van der Waals surface area contributed by atoms with E-state index in [9.17, 15) is 0 Å². The van der Waals surface area contributed by atoms with E-state index in [1.807, 2.05) is 30.3 Å². The smallest absolute Gasteiger partial charge is 0.119 e. The molecule has 0 unspecified atom stereocenters. The van der Waals surface area contributed by atoms with Gasteiger partial charge in [-0.05, 0) is 57.3 Å². The zero-order valence-electron chi connectivity index (χ0n) is 11.6. The molecule has 1 aromatic carbocycles. The molecule has 2 rings (SSSR count). The largest absolute Gasteiger partial charge is 0.492 e. The molecule has 1 aliphatic heterocycles. The molecule has 18 heavy (non-hydrogen) atoms. The molecule has 2 heteroatoms. The van der Waals surface area contributed by atoms with Crippen LogP contribution in [0.4, 0.5) is 0 Å². The molecule has 1 aromatic rings. The van der Waals surface area contributed by atoms with Gasteiger partial charge in [-0.15, -0.1) is 0 Å². The minimum absolute atomic E-state index is 0.510. The summed E-state index contributed by atoms with van der Waals surface area (Å²) in [5.41, 5.74) is 0. The fourth-order valence-electron chi connectivity index (χ4n) is 2.56. The van der Waals surface area contributed by atoms with Gasteiger partial charge in [0.2, 0.25) is 0 Å². The van der Waals surface area contributed by atoms with Crippen LogP contribution in [0.5, 0.6) is 5.75 Å². The lowest BCUT2D eigenvalue weighted by molar-refractivity contribution is 0.149. The third kappa shape index (κ3) is 4.02. The molecule has 0 spiro atoms. The minimum atomic E-state index is 0.510. The average Bonchev–Trinajstić information content (AvgIpc) is 2.62. The molecule has 0 amide bonds. The van der Waals surface area contributed by atoms with Crippen LogP contribution < -0.4 is 4.74 Å². The van der Waals surface area contributed by atoms with Gasteiger partial charge in [-0.2, -0.15) is 0 Å². The van der Waals surface area contributed by atoms with E-state index in [1.54, 1.807) is 0 Å². The summed E-state index contributed by atoms with van der Waals surface area (Å²) in [5.74, 6) is 1.87. The summed E-state index contributed by atoms with van der Waals surface area (Å²) in [6.07, 6.45) is 4.04. The Morgan fingerprint density at radius 3 is 2.78 bits per heavy atom. The number of benzene rings is 1. The van der Waals surface area contributed by atoms with Crippen molar-refractivity contribution >= 4 is 0 Å². The molecular weight excluding hydrogens is 222 g/mol. The van der Waals surface area contributed by atoms with Crippen molar-refractivity contribution in [3.63, 3.8) is 0 Å². The Bertz CT molecular complexity index is 338. The molecular formula is C16H25NO. The second-order valence-electron chi connectivity index (χ2n) is 5.55. The summed E-state index contributed by atoms with van der Waals surface area (Å²) in [4.78, 5) is 2.58. The van der Waals surface area contributed by atoms with Crippen molar-refractivity contribution < 1.29 is 4.74 Å². The van der Waals surface area contributed by atoms with Crippen LogP contribution in [-0.4, -0.2) is 30.6 Å². The number of likely N-dealkylation sites (tertiary alicyclic amines) is 1. The Balaban J connectivity index is 1.78. The predicted molar refractivity (Wildman–Crippen MR) is 76.0 cm³/mol. The van der Waals surface area contributed by atoms with E-state index in [2.05, 4.69) is 18.7 Å². The number of hydrogen-bond donors (Lipinski definition) is 0. The zero-order chi connectivity index (χ0) is 12.8. The Morgan fingerprint density at radius 2 is 2.00 bits per heavy atom. The minimum Gasteiger partial charge on any atom is -0.492 e. The van der Waals surface area contributed by atoms with E-state index in [0.29, 0.717) is 6.04 Å². The Hall–Kier alpha value is -1.02. The average molecular weight is 247 g/mol. The summed E-state index contributed by atoms with van der Waals surface area (Å²) in [5, 5.41) is 0. The van der Waals surface area contributed by atoms with Crippen molar-refractivity contribution in [1.29, 1.82) is 0 Å². The van der Waals surface area contributed by atoms with Crippen molar-refractivity contribution in [2.45, 2.75) is 39.2 Å². The van der Waals surface area contributed by atoms with Gasteiger partial charge in [-0.1, -0.05) is 25.1 Å². The first kappa shape index (κ1) is 13.4. The van der Waals surface area contributed by atoms with E-state index in [-0.39, 0.29) is 0 Å². The van der Waals surface area contributed by atoms with Crippen molar-refractivity contribution in [3.8, 4) is 5.75 Å². The molecule has 0 aromatic heterocycles. The lowest BCUT2D eigenvalue weighted by atomic mass is 10.0. The van der Waals surface area contributed by atoms with Gasteiger partial charge in [0, 0.05) is 6.04 Å². The Labute approximate surface area is 111 Å². The second kappa shape index (κ2) is 6.79. The van der Waals surface area contributed by atoms with E-state index >= 15 is 0 Å². The lowest BCUT2D eigenvalue weighted by Crippen LogP contribution is -2.38. The number of hydrogen-bond acceptors (Lipinski definition) is 2. The highest BCUT2D eigenvalue weighted by Crippen LogP contribution is 2.18. The quantitative estimate of drug-likeness (QED) is 0.806. The van der Waals surface area contributed by atoms with Crippen LogP contribution in [0.3, 0.4) is 0 Å². The highest BCUT2D eigenvalue weighted by molar-refractivity contribution is 5.20. The number of nitrogens with zero attached hydrogens (tertiary/aromatic N) is 1. The molecule has 0 saturated carbocycles. The van der Waals surface area contributed by atoms with Crippen LogP contribution in [0.25, 0.3) is 0 Å². The molecule has 1 saturated heterocycles. The molecule has 0 radical (unpaired) electrons. The maximum atomic E-state index is 5.85. The monoisotopic (exact) mass is 247 g/mol. The highest BCUT2D eigenvalue weighted by Gasteiger charge is 2.18. The van der Waals surface area contributed by atoms with E-state index in [4.69, 9.17) is 4.74 Å². The van der Waals surface area contributed by atoms with Crippen molar-refractivity contribution in [2.24, 2.45) is 5.92 Å². The van der Waals surface area contributed by atoms with Crippen LogP contribution in [0.2, 0.25) is 0 Å². The Morgan fingerprint density at radius 1 is 1.22 bits per heavy atom. The molecule has 0 N–H and O–H groups in total. The van der Waals surface area contributed by atoms with Gasteiger partial charge in [0.25, 0.3) is 0 Å². The standard InChI is InChI=1S/C16H25NO/c1-14-7-6-11-17(12-10-14)15(2)13-18-16-8-4-3-5-9-16/h3-5,8-9,14-15H,6-7,10-13H2,1-2H3/t14-,15-/m0/s1. The van der Waals surface area contributed by atoms with E-state index < -0.39 is 0 Å². The molecule has 0 bridgehead atoms. The fraction of sp³-hybridized carbons (Fsp3) is 0.625. The van der Waals surface area contributed by atoms with Crippen LogP contribution in [-0.2, 0) is 0 Å². The van der Waals surface area contributed by atoms with Crippen LogP contribution in [0, 0.1) is 5.92 Å². The first-order valence-corrected chi connectivity index (χ1v) is 7.17. The summed E-state index contributed by atoms with van der Waals surface area (Å²) in [6, 6.07) is 10.6. The van der Waals surface area contributed by atoms with Crippen molar-refractivity contribution in [2.75, 3.05) is 19.7 Å². The van der Waals surface area contributed by atoms with E-state index in [0.717, 1.165) is 18.3 Å². The summed E-state index contributed by atoms with van der Waals surface area (Å²) in [7, 11) is 0. The van der Waals surface area contributed by atoms with Gasteiger partial charge in [0.15, 0.2) is 0 Å². The number of rotatable bonds is 4. The fourth-order valence-corrected chi connectivity index (χ4v) is 2.56. The number of para-hydroxylation sites is 1. The van der Waals surface area contributed by atoms with Gasteiger partial charge in [-0.25, -0.2) is 0 Å². The number of ether oxygens (including phenoxy) is 1. The molecule has 1 aliphatic rings. The summed E-state index contributed by atoms with van der Waals surface area (Å²) in [6.45, 7) is 7.89. The van der Waals surface area contributed by atoms with Crippen LogP contribution >= 0.6 is 0 Å². The normalized spacial score (nSPS) is 23.3. The lowest BCUT2D eigenvalue weighted by Gasteiger charge is -2.27. The Kier molecular flexibility index (Phi) is 5.06. The first-order valence-electron chi connectivity index (χ1n) is 7.17. The maximum Gasteiger partial charge on any atom is 0.119 e. The predicted octanol–water partition coefficient (Wildman–Crippen LogP) is 3.58. The zero-order valence-corrected chi connectivity index (χ0v) is 11.6. The summed E-state index contributed by atoms with van der Waals surface area (Å²) >= 11 is 0. The van der Waals surface area contributed by atoms with Crippen LogP contribution in [0.1, 0.15) is 33.1 Å². The second-order valence-corrected chi connectivity index (χ2v) is 5.55. The van der Waals surface area contributed by atoms with E-state index in [1.165, 1.54) is 32.4 Å². The highest BCUT2D eigenvalue weighted by atomic mass is 16.5. The molecule has 2 nitrogen and oxygen atoms in total. The van der Waals surface area contributed by atoms with Crippen molar-refractivity contribution in [1.82, 2.24) is 4.90 Å². The topological polar surface area (TPSA) is 12.5 Å². The first-order chi connectivity index (χ1) is 8.75. The summed E-state index contributed by atoms with van der Waals surface area (Å²) < 4.78 is 5.85. The van der Waals surface area contributed by atoms with Crippen LogP contribution in [0.15, 0.2) is 30.3 Å². The third-order valence-corrected chi connectivity index (χ3v) is 3.91. The molecule has 1 fully saturated rings. The molecule has 1 heterocycles. The molecule has 2 atom stereocenters. The SMILES string of the molecule is C[C@H]1CCCN([C@@H](C)COc2ccccc2)CC1. The van der Waals surface area contributed by atoms with Gasteiger partial charge in [0.05, 0.1) is 0 Å². The van der Waals surface area contributed by atoms with Gasteiger partial charge in [0.1, 0.15) is 12.4 Å². The molecule has 100 valence electrons. The van der Waals surface area contributed by atoms with Gasteiger partial charge < -0.3 is 4.74 Å². The van der Waals surface area contributed by atoms with Crippen molar-refractivity contribution in [3.05, 3.63) is 30.3 Å². The molecule has 0 aliphatic carbocycles. The maximum absolute atomic E-state index is 5.85. The van der Waals surface area contributed by atoms with Gasteiger partial charge in [-0.3, -0.25) is 4.90 Å². The van der Waals surface area contributed by atoms with Gasteiger partial charge >= 0.3 is 0 Å². The third-order valence-electron chi connectivity index (χ3n) is 3.91.